The van der Waals surface area contributed by atoms with E-state index in [-0.39, 0.29) is 11.9 Å². The quantitative estimate of drug-likeness (QED) is 0.635. The highest BCUT2D eigenvalue weighted by Gasteiger charge is 2.17. The molecule has 0 aliphatic rings. The third kappa shape index (κ3) is 3.22. The minimum absolute atomic E-state index is 0.171. The van der Waals surface area contributed by atoms with Gasteiger partial charge >= 0.3 is 5.97 Å². The van der Waals surface area contributed by atoms with Gasteiger partial charge in [0.05, 0.1) is 18.6 Å². The van der Waals surface area contributed by atoms with Crippen molar-refractivity contribution >= 4 is 11.7 Å². The molecule has 0 aliphatic carbocycles. The maximum absolute atomic E-state index is 11.5. The number of nitrogens with two attached hydrogens (primary N) is 1. The molecular formula is C13H16N2O2. The van der Waals surface area contributed by atoms with Crippen LogP contribution in [0.2, 0.25) is 0 Å². The Morgan fingerprint density at radius 3 is 2.82 bits per heavy atom. The van der Waals surface area contributed by atoms with Crippen LogP contribution >= 0.6 is 0 Å². The van der Waals surface area contributed by atoms with Crippen LogP contribution in [-0.4, -0.2) is 13.1 Å². The summed E-state index contributed by atoms with van der Waals surface area (Å²) < 4.78 is 4.73. The third-order valence-corrected chi connectivity index (χ3v) is 2.75. The van der Waals surface area contributed by atoms with Crippen LogP contribution in [0.5, 0.6) is 0 Å². The van der Waals surface area contributed by atoms with Crippen LogP contribution in [0.1, 0.15) is 24.5 Å². The molecule has 0 aliphatic heterocycles. The lowest BCUT2D eigenvalue weighted by molar-refractivity contribution is -0.145. The van der Waals surface area contributed by atoms with E-state index >= 15 is 0 Å². The lowest BCUT2D eigenvalue weighted by Crippen LogP contribution is -2.17. The van der Waals surface area contributed by atoms with E-state index in [0.29, 0.717) is 24.1 Å². The predicted octanol–water partition coefficient (Wildman–Crippen LogP) is 1.88. The topological polar surface area (TPSA) is 76.1 Å². The molecule has 1 aromatic carbocycles. The standard InChI is InChI=1S/C13H16N2O2/c1-3-10(13(16)17-2)6-9-4-5-12(15)11(7-9)8-14/h4-5,7,10H,3,6,15H2,1-2H3. The van der Waals surface area contributed by atoms with Crippen LogP contribution in [-0.2, 0) is 16.0 Å². The molecule has 0 radical (unpaired) electrons. The zero-order valence-electron chi connectivity index (χ0n) is 10.1. The van der Waals surface area contributed by atoms with E-state index in [0.717, 1.165) is 5.56 Å². The van der Waals surface area contributed by atoms with Gasteiger partial charge in [0.1, 0.15) is 6.07 Å². The largest absolute Gasteiger partial charge is 0.469 e. The molecule has 1 atom stereocenters. The molecule has 17 heavy (non-hydrogen) atoms. The number of hydrogen-bond acceptors (Lipinski definition) is 4. The Morgan fingerprint density at radius 2 is 2.29 bits per heavy atom. The van der Waals surface area contributed by atoms with Gasteiger partial charge in [0, 0.05) is 5.69 Å². The summed E-state index contributed by atoms with van der Waals surface area (Å²) >= 11 is 0. The Kier molecular flexibility index (Phi) is 4.53. The molecule has 1 aromatic rings. The summed E-state index contributed by atoms with van der Waals surface area (Å²) in [7, 11) is 1.38. The number of esters is 1. The van der Waals surface area contributed by atoms with Crippen molar-refractivity contribution < 1.29 is 9.53 Å². The van der Waals surface area contributed by atoms with Gasteiger partial charge in [-0.05, 0) is 30.5 Å². The van der Waals surface area contributed by atoms with Gasteiger partial charge in [0.25, 0.3) is 0 Å². The number of nitriles is 1. The highest BCUT2D eigenvalue weighted by atomic mass is 16.5. The van der Waals surface area contributed by atoms with Crippen LogP contribution in [0.15, 0.2) is 18.2 Å². The van der Waals surface area contributed by atoms with Gasteiger partial charge in [-0.15, -0.1) is 0 Å². The fraction of sp³-hybridized carbons (Fsp3) is 0.385. The maximum Gasteiger partial charge on any atom is 0.308 e. The fourth-order valence-corrected chi connectivity index (χ4v) is 1.67. The van der Waals surface area contributed by atoms with Crippen molar-refractivity contribution in [3.63, 3.8) is 0 Å². The summed E-state index contributed by atoms with van der Waals surface area (Å²) in [6.45, 7) is 1.93. The molecular weight excluding hydrogens is 216 g/mol. The number of hydrogen-bond donors (Lipinski definition) is 1. The van der Waals surface area contributed by atoms with Crippen molar-refractivity contribution in [3.8, 4) is 6.07 Å². The molecule has 4 nitrogen and oxygen atoms in total. The van der Waals surface area contributed by atoms with Gasteiger partial charge in [-0.2, -0.15) is 5.26 Å². The lowest BCUT2D eigenvalue weighted by Gasteiger charge is -2.12. The molecule has 0 saturated heterocycles. The van der Waals surface area contributed by atoms with E-state index in [1.807, 2.05) is 19.1 Å². The molecule has 90 valence electrons. The number of nitrogen functional groups attached to an aromatic ring is 1. The first-order chi connectivity index (χ1) is 8.12. The maximum atomic E-state index is 11.5. The molecule has 2 N–H and O–H groups in total. The second kappa shape index (κ2) is 5.90. The van der Waals surface area contributed by atoms with E-state index in [1.54, 1.807) is 12.1 Å². The number of carbonyl (C=O) groups excluding carboxylic acids is 1. The van der Waals surface area contributed by atoms with E-state index in [4.69, 9.17) is 15.7 Å². The summed E-state index contributed by atoms with van der Waals surface area (Å²) in [6.07, 6.45) is 1.27. The van der Waals surface area contributed by atoms with Gasteiger partial charge in [0.2, 0.25) is 0 Å². The van der Waals surface area contributed by atoms with Crippen LogP contribution in [0.3, 0.4) is 0 Å². The van der Waals surface area contributed by atoms with Crippen LogP contribution < -0.4 is 5.73 Å². The smallest absolute Gasteiger partial charge is 0.308 e. The third-order valence-electron chi connectivity index (χ3n) is 2.75. The predicted molar refractivity (Wildman–Crippen MR) is 65.1 cm³/mol. The summed E-state index contributed by atoms with van der Waals surface area (Å²) in [5.74, 6) is -0.391. The van der Waals surface area contributed by atoms with Crippen molar-refractivity contribution in [1.82, 2.24) is 0 Å². The molecule has 4 heteroatoms. The minimum atomic E-state index is -0.220. The Bertz CT molecular complexity index is 449. The van der Waals surface area contributed by atoms with Crippen molar-refractivity contribution in [2.24, 2.45) is 5.92 Å². The molecule has 0 heterocycles. The fourth-order valence-electron chi connectivity index (χ4n) is 1.67. The Balaban J connectivity index is 2.88. The first-order valence-electron chi connectivity index (χ1n) is 5.48. The second-order valence-corrected chi connectivity index (χ2v) is 3.87. The highest BCUT2D eigenvalue weighted by molar-refractivity contribution is 5.72. The van der Waals surface area contributed by atoms with Crippen LogP contribution in [0.25, 0.3) is 0 Å². The normalized spacial score (nSPS) is 11.6. The molecule has 0 saturated carbocycles. The van der Waals surface area contributed by atoms with Gasteiger partial charge in [-0.1, -0.05) is 13.0 Å². The molecule has 0 fully saturated rings. The molecule has 0 amide bonds. The summed E-state index contributed by atoms with van der Waals surface area (Å²) in [6, 6.07) is 7.28. The molecule has 0 spiro atoms. The second-order valence-electron chi connectivity index (χ2n) is 3.87. The number of carbonyl (C=O) groups is 1. The zero-order chi connectivity index (χ0) is 12.8. The molecule has 1 unspecified atom stereocenters. The number of anilines is 1. The summed E-state index contributed by atoms with van der Waals surface area (Å²) in [5.41, 5.74) is 7.47. The Hall–Kier alpha value is -2.02. The highest BCUT2D eigenvalue weighted by Crippen LogP contribution is 2.18. The van der Waals surface area contributed by atoms with Crippen molar-refractivity contribution in [3.05, 3.63) is 29.3 Å². The summed E-state index contributed by atoms with van der Waals surface area (Å²) in [4.78, 5) is 11.5. The molecule has 0 aromatic heterocycles. The SMILES string of the molecule is CCC(Cc1ccc(N)c(C#N)c1)C(=O)OC. The van der Waals surface area contributed by atoms with Crippen molar-refractivity contribution in [1.29, 1.82) is 5.26 Å². The summed E-state index contributed by atoms with van der Waals surface area (Å²) in [5, 5.41) is 8.87. The van der Waals surface area contributed by atoms with Crippen molar-refractivity contribution in [2.45, 2.75) is 19.8 Å². The zero-order valence-corrected chi connectivity index (χ0v) is 10.1. The van der Waals surface area contributed by atoms with E-state index in [9.17, 15) is 4.79 Å². The lowest BCUT2D eigenvalue weighted by atomic mass is 9.95. The monoisotopic (exact) mass is 232 g/mol. The van der Waals surface area contributed by atoms with Crippen LogP contribution in [0, 0.1) is 17.2 Å². The van der Waals surface area contributed by atoms with Crippen molar-refractivity contribution in [2.75, 3.05) is 12.8 Å². The van der Waals surface area contributed by atoms with Gasteiger partial charge in [-0.3, -0.25) is 4.79 Å². The first kappa shape index (κ1) is 13.0. The van der Waals surface area contributed by atoms with E-state index in [1.165, 1.54) is 7.11 Å². The average Bonchev–Trinajstić information content (AvgIpc) is 2.36. The van der Waals surface area contributed by atoms with Crippen LogP contribution in [0.4, 0.5) is 5.69 Å². The molecule has 0 bridgehead atoms. The van der Waals surface area contributed by atoms with E-state index < -0.39 is 0 Å². The number of nitrogens with zero attached hydrogens (tertiary/aromatic N) is 1. The number of methoxy groups -OCH3 is 1. The van der Waals surface area contributed by atoms with Gasteiger partial charge in [0.15, 0.2) is 0 Å². The van der Waals surface area contributed by atoms with Gasteiger partial charge in [-0.25, -0.2) is 0 Å². The minimum Gasteiger partial charge on any atom is -0.469 e. The average molecular weight is 232 g/mol. The molecule has 1 rings (SSSR count). The Morgan fingerprint density at radius 1 is 1.59 bits per heavy atom. The number of ether oxygens (including phenoxy) is 1. The first-order valence-corrected chi connectivity index (χ1v) is 5.48. The number of benzene rings is 1. The Labute approximate surface area is 101 Å². The number of rotatable bonds is 4. The van der Waals surface area contributed by atoms with E-state index in [2.05, 4.69) is 0 Å². The van der Waals surface area contributed by atoms with Gasteiger partial charge < -0.3 is 10.5 Å².